The van der Waals surface area contributed by atoms with Crippen molar-refractivity contribution in [1.29, 1.82) is 0 Å². The van der Waals surface area contributed by atoms with Gasteiger partial charge in [-0.2, -0.15) is 0 Å². The van der Waals surface area contributed by atoms with Gasteiger partial charge in [0.2, 0.25) is 5.91 Å². The second-order valence-corrected chi connectivity index (χ2v) is 8.43. The van der Waals surface area contributed by atoms with E-state index < -0.39 is 0 Å². The first-order valence-electron chi connectivity index (χ1n) is 8.89. The monoisotopic (exact) mass is 300 g/mol. The van der Waals surface area contributed by atoms with Crippen LogP contribution in [0.5, 0.6) is 0 Å². The van der Waals surface area contributed by atoms with E-state index in [-0.39, 0.29) is 0 Å². The predicted molar refractivity (Wildman–Crippen MR) is 80.8 cm³/mol. The SMILES string of the molecule is O=C(CC12CC3CC(CC(C3)C1)C2)N1CCc2oncc2C1. The number of amides is 1. The minimum absolute atomic E-state index is 0.348. The molecule has 4 nitrogen and oxygen atoms in total. The zero-order valence-corrected chi connectivity index (χ0v) is 13.1. The molecule has 0 N–H and O–H groups in total. The van der Waals surface area contributed by atoms with Gasteiger partial charge in [0, 0.05) is 24.9 Å². The molecule has 4 saturated carbocycles. The molecule has 0 spiro atoms. The molecule has 118 valence electrons. The molecule has 4 heteroatoms. The van der Waals surface area contributed by atoms with Crippen molar-refractivity contribution < 1.29 is 9.32 Å². The second kappa shape index (κ2) is 4.59. The molecule has 0 radical (unpaired) electrons. The van der Waals surface area contributed by atoms with E-state index in [0.29, 0.717) is 17.9 Å². The van der Waals surface area contributed by atoms with Crippen molar-refractivity contribution in [2.75, 3.05) is 6.54 Å². The van der Waals surface area contributed by atoms with Crippen LogP contribution in [0.2, 0.25) is 0 Å². The fourth-order valence-electron chi connectivity index (χ4n) is 6.29. The molecule has 22 heavy (non-hydrogen) atoms. The highest BCUT2D eigenvalue weighted by Crippen LogP contribution is 2.61. The first kappa shape index (κ1) is 13.1. The molecule has 4 fully saturated rings. The molecule has 0 unspecified atom stereocenters. The minimum atomic E-state index is 0.348. The van der Waals surface area contributed by atoms with E-state index in [1.165, 1.54) is 38.5 Å². The molecule has 1 aromatic rings. The fraction of sp³-hybridized carbons (Fsp3) is 0.778. The highest BCUT2D eigenvalue weighted by molar-refractivity contribution is 5.77. The molecule has 0 aromatic carbocycles. The third kappa shape index (κ3) is 2.03. The maximum absolute atomic E-state index is 12.9. The van der Waals surface area contributed by atoms with E-state index >= 15 is 0 Å². The average Bonchev–Trinajstić information content (AvgIpc) is 2.92. The van der Waals surface area contributed by atoms with Crippen molar-refractivity contribution in [2.24, 2.45) is 23.2 Å². The van der Waals surface area contributed by atoms with Crippen molar-refractivity contribution in [2.45, 2.75) is 57.9 Å². The average molecular weight is 300 g/mol. The molecule has 4 bridgehead atoms. The Morgan fingerprint density at radius 3 is 2.59 bits per heavy atom. The van der Waals surface area contributed by atoms with E-state index in [4.69, 9.17) is 4.52 Å². The zero-order valence-electron chi connectivity index (χ0n) is 13.1. The second-order valence-electron chi connectivity index (χ2n) is 8.43. The summed E-state index contributed by atoms with van der Waals surface area (Å²) in [6.07, 6.45) is 11.7. The summed E-state index contributed by atoms with van der Waals surface area (Å²) in [5, 5.41) is 3.86. The van der Waals surface area contributed by atoms with Gasteiger partial charge in [0.25, 0.3) is 0 Å². The third-order valence-electron chi connectivity index (χ3n) is 6.74. The number of carbonyl (C=O) groups excluding carboxylic acids is 1. The Labute approximate surface area is 131 Å². The number of hydrogen-bond acceptors (Lipinski definition) is 3. The summed E-state index contributed by atoms with van der Waals surface area (Å²) in [5.74, 6) is 4.10. The Hall–Kier alpha value is -1.32. The van der Waals surface area contributed by atoms with Crippen LogP contribution in [0.4, 0.5) is 0 Å². The van der Waals surface area contributed by atoms with Gasteiger partial charge in [-0.05, 0) is 61.7 Å². The van der Waals surface area contributed by atoms with Gasteiger partial charge >= 0.3 is 0 Å². The summed E-state index contributed by atoms with van der Waals surface area (Å²) in [6, 6.07) is 0. The molecule has 5 aliphatic rings. The van der Waals surface area contributed by atoms with Gasteiger partial charge < -0.3 is 9.42 Å². The van der Waals surface area contributed by atoms with Gasteiger partial charge in [-0.25, -0.2) is 0 Å². The molecule has 4 aliphatic carbocycles. The van der Waals surface area contributed by atoms with Gasteiger partial charge in [-0.15, -0.1) is 0 Å². The van der Waals surface area contributed by atoms with Crippen molar-refractivity contribution in [3.05, 3.63) is 17.5 Å². The summed E-state index contributed by atoms with van der Waals surface area (Å²) in [5.41, 5.74) is 1.45. The van der Waals surface area contributed by atoms with Crippen molar-refractivity contribution in [1.82, 2.24) is 10.1 Å². The Bertz CT molecular complexity index is 571. The maximum atomic E-state index is 12.9. The number of rotatable bonds is 2. The lowest BCUT2D eigenvalue weighted by molar-refractivity contribution is -0.140. The van der Waals surface area contributed by atoms with Crippen LogP contribution in [-0.2, 0) is 17.8 Å². The normalized spacial score (nSPS) is 39.1. The van der Waals surface area contributed by atoms with Crippen molar-refractivity contribution in [3.63, 3.8) is 0 Å². The van der Waals surface area contributed by atoms with Gasteiger partial charge in [0.05, 0.1) is 12.7 Å². The number of aromatic nitrogens is 1. The smallest absolute Gasteiger partial charge is 0.223 e. The minimum Gasteiger partial charge on any atom is -0.361 e. The van der Waals surface area contributed by atoms with E-state index in [9.17, 15) is 4.79 Å². The molecule has 6 rings (SSSR count). The lowest BCUT2D eigenvalue weighted by atomic mass is 9.49. The van der Waals surface area contributed by atoms with Crippen LogP contribution in [0.25, 0.3) is 0 Å². The molecule has 1 aromatic heterocycles. The largest absolute Gasteiger partial charge is 0.361 e. The summed E-state index contributed by atoms with van der Waals surface area (Å²) in [4.78, 5) is 14.9. The van der Waals surface area contributed by atoms with Gasteiger partial charge in [-0.3, -0.25) is 4.79 Å². The van der Waals surface area contributed by atoms with Crippen LogP contribution in [-0.4, -0.2) is 22.5 Å². The van der Waals surface area contributed by atoms with Crippen LogP contribution in [0.1, 0.15) is 56.3 Å². The maximum Gasteiger partial charge on any atom is 0.223 e. The first-order chi connectivity index (χ1) is 10.7. The Kier molecular flexibility index (Phi) is 2.74. The zero-order chi connectivity index (χ0) is 14.7. The first-order valence-corrected chi connectivity index (χ1v) is 8.89. The van der Waals surface area contributed by atoms with Crippen LogP contribution >= 0.6 is 0 Å². The summed E-state index contributed by atoms with van der Waals surface area (Å²) < 4.78 is 5.23. The van der Waals surface area contributed by atoms with Crippen LogP contribution < -0.4 is 0 Å². The van der Waals surface area contributed by atoms with E-state index in [1.54, 1.807) is 6.20 Å². The van der Waals surface area contributed by atoms with Crippen LogP contribution in [0.15, 0.2) is 10.7 Å². The lowest BCUT2D eigenvalue weighted by Gasteiger charge is -2.57. The Morgan fingerprint density at radius 1 is 1.23 bits per heavy atom. The van der Waals surface area contributed by atoms with Gasteiger partial charge in [-0.1, -0.05) is 5.16 Å². The van der Waals surface area contributed by atoms with Crippen LogP contribution in [0.3, 0.4) is 0 Å². The summed E-state index contributed by atoms with van der Waals surface area (Å²) in [6.45, 7) is 1.50. The van der Waals surface area contributed by atoms with Gasteiger partial charge in [0.15, 0.2) is 0 Å². The number of hydrogen-bond donors (Lipinski definition) is 0. The Morgan fingerprint density at radius 2 is 1.91 bits per heavy atom. The molecule has 2 heterocycles. The number of fused-ring (bicyclic) bond motifs is 1. The third-order valence-corrected chi connectivity index (χ3v) is 6.74. The van der Waals surface area contributed by atoms with E-state index in [0.717, 1.165) is 48.5 Å². The summed E-state index contributed by atoms with van der Waals surface area (Å²) >= 11 is 0. The fourth-order valence-corrected chi connectivity index (χ4v) is 6.29. The Balaban J connectivity index is 1.31. The van der Waals surface area contributed by atoms with Crippen molar-refractivity contribution >= 4 is 5.91 Å². The predicted octanol–water partition coefficient (Wildman–Crippen LogP) is 3.17. The highest BCUT2D eigenvalue weighted by atomic mass is 16.5. The molecular formula is C18H24N2O2. The topological polar surface area (TPSA) is 46.3 Å². The quantitative estimate of drug-likeness (QED) is 0.843. The van der Waals surface area contributed by atoms with Crippen molar-refractivity contribution in [3.8, 4) is 0 Å². The van der Waals surface area contributed by atoms with E-state index in [1.807, 2.05) is 4.90 Å². The van der Waals surface area contributed by atoms with Gasteiger partial charge in [0.1, 0.15) is 5.76 Å². The van der Waals surface area contributed by atoms with E-state index in [2.05, 4.69) is 5.16 Å². The summed E-state index contributed by atoms with van der Waals surface area (Å²) in [7, 11) is 0. The molecule has 1 amide bonds. The highest BCUT2D eigenvalue weighted by Gasteiger charge is 2.51. The standard InChI is InChI=1S/C18H24N2O2/c21-17(20-2-1-16-15(11-20)10-19-22-16)9-18-6-12-3-13(7-18)5-14(4-12)8-18/h10,12-14H,1-9,11H2. The van der Waals surface area contributed by atoms with Crippen LogP contribution in [0, 0.1) is 23.2 Å². The number of carbonyl (C=O) groups is 1. The molecule has 0 saturated heterocycles. The molecule has 0 atom stereocenters. The number of nitrogens with zero attached hydrogens (tertiary/aromatic N) is 2. The molecule has 1 aliphatic heterocycles. The lowest BCUT2D eigenvalue weighted by Crippen LogP contribution is -2.48. The molecular weight excluding hydrogens is 276 g/mol.